The molecule has 0 aliphatic carbocycles. The summed E-state index contributed by atoms with van der Waals surface area (Å²) in [7, 11) is 0. The van der Waals surface area contributed by atoms with Gasteiger partial charge in [0.2, 0.25) is 0 Å². The molecule has 1 atom stereocenters. The lowest BCUT2D eigenvalue weighted by molar-refractivity contribution is 0.0940. The van der Waals surface area contributed by atoms with Crippen LogP contribution in [0, 0.1) is 0 Å². The molecule has 0 spiro atoms. The molecule has 1 aromatic carbocycles. The third-order valence-corrected chi connectivity index (χ3v) is 3.21. The van der Waals surface area contributed by atoms with Crippen molar-refractivity contribution in [2.45, 2.75) is 32.7 Å². The van der Waals surface area contributed by atoms with E-state index >= 15 is 0 Å². The summed E-state index contributed by atoms with van der Waals surface area (Å²) >= 11 is 0. The van der Waals surface area contributed by atoms with Crippen LogP contribution in [0.4, 0.5) is 5.82 Å². The number of amides is 1. The fraction of sp³-hybridized carbons (Fsp3) is 0.333. The first-order valence-electron chi connectivity index (χ1n) is 6.83. The number of fused-ring (bicyclic) bond motifs is 1. The van der Waals surface area contributed by atoms with E-state index in [1.807, 2.05) is 31.2 Å². The summed E-state index contributed by atoms with van der Waals surface area (Å²) in [6.07, 6.45) is 1.99. The Morgan fingerprint density at radius 3 is 2.85 bits per heavy atom. The number of hydrazine groups is 1. The monoisotopic (exact) mass is 272 g/mol. The molecule has 0 bridgehead atoms. The minimum absolute atomic E-state index is 0.0962. The molecule has 4 N–H and O–H groups in total. The summed E-state index contributed by atoms with van der Waals surface area (Å²) in [4.78, 5) is 16.7. The van der Waals surface area contributed by atoms with Crippen LogP contribution in [-0.2, 0) is 0 Å². The first-order chi connectivity index (χ1) is 9.65. The fourth-order valence-electron chi connectivity index (χ4n) is 2.24. The average molecular weight is 272 g/mol. The van der Waals surface area contributed by atoms with Gasteiger partial charge < -0.3 is 10.7 Å². The normalized spacial score (nSPS) is 12.2. The Morgan fingerprint density at radius 1 is 1.40 bits per heavy atom. The van der Waals surface area contributed by atoms with E-state index in [1.165, 1.54) is 0 Å². The molecule has 0 saturated heterocycles. The van der Waals surface area contributed by atoms with Gasteiger partial charge in [-0.3, -0.25) is 4.79 Å². The summed E-state index contributed by atoms with van der Waals surface area (Å²) in [6.45, 7) is 4.10. The Morgan fingerprint density at radius 2 is 2.15 bits per heavy atom. The summed E-state index contributed by atoms with van der Waals surface area (Å²) < 4.78 is 0. The van der Waals surface area contributed by atoms with Gasteiger partial charge in [-0.2, -0.15) is 0 Å². The molecule has 5 nitrogen and oxygen atoms in total. The number of nitrogens with zero attached hydrogens (tertiary/aromatic N) is 1. The van der Waals surface area contributed by atoms with Gasteiger partial charge in [-0.15, -0.1) is 0 Å². The lowest BCUT2D eigenvalue weighted by Crippen LogP contribution is -2.32. The number of pyridine rings is 1. The molecule has 1 aromatic heterocycles. The second-order valence-electron chi connectivity index (χ2n) is 4.88. The topological polar surface area (TPSA) is 80.0 Å². The number of carbonyl (C=O) groups excluding carboxylic acids is 1. The van der Waals surface area contributed by atoms with Crippen molar-refractivity contribution >= 4 is 22.6 Å². The van der Waals surface area contributed by atoms with Crippen LogP contribution in [0.3, 0.4) is 0 Å². The summed E-state index contributed by atoms with van der Waals surface area (Å²) in [5.41, 5.74) is 3.84. The summed E-state index contributed by atoms with van der Waals surface area (Å²) in [5, 5.41) is 3.83. The molecule has 5 heteroatoms. The molecule has 1 unspecified atom stereocenters. The lowest BCUT2D eigenvalue weighted by atomic mass is 10.1. The van der Waals surface area contributed by atoms with Crippen molar-refractivity contribution in [2.75, 3.05) is 5.43 Å². The van der Waals surface area contributed by atoms with E-state index in [4.69, 9.17) is 5.84 Å². The summed E-state index contributed by atoms with van der Waals surface area (Å²) in [5.74, 6) is 5.80. The molecular formula is C15H20N4O. The van der Waals surface area contributed by atoms with E-state index < -0.39 is 0 Å². The number of para-hydroxylation sites is 1. The van der Waals surface area contributed by atoms with E-state index in [9.17, 15) is 4.79 Å². The molecule has 2 rings (SSSR count). The Kier molecular flexibility index (Phi) is 4.53. The third-order valence-electron chi connectivity index (χ3n) is 3.21. The molecule has 0 aliphatic rings. The standard InChI is InChI=1S/C15H20N4O/c1-3-6-10(2)17-15(20)12-9-14(19-16)18-13-8-5-4-7-11(12)13/h4-5,7-10H,3,6,16H2,1-2H3,(H,17,20)(H,18,19). The zero-order chi connectivity index (χ0) is 14.5. The van der Waals surface area contributed by atoms with Gasteiger partial charge in [-0.05, 0) is 25.5 Å². The highest BCUT2D eigenvalue weighted by molar-refractivity contribution is 6.07. The second-order valence-corrected chi connectivity index (χ2v) is 4.88. The maximum absolute atomic E-state index is 12.4. The molecule has 0 aliphatic heterocycles. The molecule has 20 heavy (non-hydrogen) atoms. The number of nitrogens with two attached hydrogens (primary N) is 1. The lowest BCUT2D eigenvalue weighted by Gasteiger charge is -2.14. The van der Waals surface area contributed by atoms with Crippen molar-refractivity contribution in [2.24, 2.45) is 5.84 Å². The first kappa shape index (κ1) is 14.3. The van der Waals surface area contributed by atoms with Crippen molar-refractivity contribution in [3.63, 3.8) is 0 Å². The highest BCUT2D eigenvalue weighted by atomic mass is 16.1. The van der Waals surface area contributed by atoms with Gasteiger partial charge in [0, 0.05) is 11.4 Å². The van der Waals surface area contributed by atoms with Gasteiger partial charge >= 0.3 is 0 Å². The quantitative estimate of drug-likeness (QED) is 0.577. The molecule has 1 heterocycles. The SMILES string of the molecule is CCCC(C)NC(=O)c1cc(NN)nc2ccccc12. The minimum Gasteiger partial charge on any atom is -0.350 e. The average Bonchev–Trinajstić information content (AvgIpc) is 2.46. The Balaban J connectivity index is 2.39. The van der Waals surface area contributed by atoms with Gasteiger partial charge in [0.15, 0.2) is 0 Å². The number of aromatic nitrogens is 1. The Bertz CT molecular complexity index is 612. The third kappa shape index (κ3) is 3.05. The van der Waals surface area contributed by atoms with Crippen molar-refractivity contribution in [1.29, 1.82) is 0 Å². The van der Waals surface area contributed by atoms with Crippen LogP contribution < -0.4 is 16.6 Å². The minimum atomic E-state index is -0.0962. The van der Waals surface area contributed by atoms with Crippen LogP contribution in [0.5, 0.6) is 0 Å². The first-order valence-corrected chi connectivity index (χ1v) is 6.83. The molecular weight excluding hydrogens is 252 g/mol. The molecule has 1 amide bonds. The summed E-state index contributed by atoms with van der Waals surface area (Å²) in [6, 6.07) is 9.36. The zero-order valence-electron chi connectivity index (χ0n) is 11.8. The van der Waals surface area contributed by atoms with Gasteiger partial charge in [0.05, 0.1) is 11.1 Å². The van der Waals surface area contributed by atoms with Crippen LogP contribution in [0.25, 0.3) is 10.9 Å². The maximum atomic E-state index is 12.4. The van der Waals surface area contributed by atoms with E-state index in [-0.39, 0.29) is 11.9 Å². The second kappa shape index (κ2) is 6.34. The van der Waals surface area contributed by atoms with Gasteiger partial charge in [-0.25, -0.2) is 10.8 Å². The molecule has 0 radical (unpaired) electrons. The smallest absolute Gasteiger partial charge is 0.252 e. The van der Waals surface area contributed by atoms with Crippen molar-refractivity contribution in [1.82, 2.24) is 10.3 Å². The van der Waals surface area contributed by atoms with Crippen LogP contribution in [0.2, 0.25) is 0 Å². The maximum Gasteiger partial charge on any atom is 0.252 e. The number of hydrogen-bond donors (Lipinski definition) is 3. The van der Waals surface area contributed by atoms with Crippen molar-refractivity contribution in [3.8, 4) is 0 Å². The molecule has 2 aromatic rings. The Labute approximate surface area is 118 Å². The number of carbonyl (C=O) groups is 1. The highest BCUT2D eigenvalue weighted by Gasteiger charge is 2.14. The van der Waals surface area contributed by atoms with Crippen LogP contribution in [0.15, 0.2) is 30.3 Å². The number of nitrogen functional groups attached to an aromatic ring is 1. The van der Waals surface area contributed by atoms with Crippen molar-refractivity contribution in [3.05, 3.63) is 35.9 Å². The fourth-order valence-corrected chi connectivity index (χ4v) is 2.24. The number of anilines is 1. The molecule has 0 saturated carbocycles. The van der Waals surface area contributed by atoms with Gasteiger partial charge in [0.25, 0.3) is 5.91 Å². The van der Waals surface area contributed by atoms with E-state index in [1.54, 1.807) is 6.07 Å². The highest BCUT2D eigenvalue weighted by Crippen LogP contribution is 2.20. The number of hydrogen-bond acceptors (Lipinski definition) is 4. The van der Waals surface area contributed by atoms with Gasteiger partial charge in [0.1, 0.15) is 5.82 Å². The predicted molar refractivity (Wildman–Crippen MR) is 81.4 cm³/mol. The number of rotatable bonds is 5. The van der Waals surface area contributed by atoms with E-state index in [0.29, 0.717) is 11.4 Å². The predicted octanol–water partition coefficient (Wildman–Crippen LogP) is 2.44. The van der Waals surface area contributed by atoms with E-state index in [2.05, 4.69) is 22.7 Å². The van der Waals surface area contributed by atoms with Crippen LogP contribution >= 0.6 is 0 Å². The van der Waals surface area contributed by atoms with Crippen LogP contribution in [-0.4, -0.2) is 16.9 Å². The number of benzene rings is 1. The molecule has 0 fully saturated rings. The molecule has 106 valence electrons. The Hall–Kier alpha value is -2.14. The van der Waals surface area contributed by atoms with E-state index in [0.717, 1.165) is 23.7 Å². The van der Waals surface area contributed by atoms with Crippen molar-refractivity contribution < 1.29 is 4.79 Å². The number of nitrogens with one attached hydrogen (secondary N) is 2. The van der Waals surface area contributed by atoms with Gasteiger partial charge in [-0.1, -0.05) is 31.5 Å². The zero-order valence-corrected chi connectivity index (χ0v) is 11.8. The largest absolute Gasteiger partial charge is 0.350 e. The van der Waals surface area contributed by atoms with Crippen LogP contribution in [0.1, 0.15) is 37.0 Å².